The zero-order valence-electron chi connectivity index (χ0n) is 14.8. The van der Waals surface area contributed by atoms with Gasteiger partial charge >= 0.3 is 0 Å². The van der Waals surface area contributed by atoms with Crippen LogP contribution in [0, 0.1) is 6.92 Å². The summed E-state index contributed by atoms with van der Waals surface area (Å²) in [6, 6.07) is 5.19. The van der Waals surface area contributed by atoms with Gasteiger partial charge in [-0.1, -0.05) is 77.3 Å². The number of hydrogen-bond donors (Lipinski definition) is 0. The highest BCUT2D eigenvalue weighted by molar-refractivity contribution is 7.85. The fourth-order valence-corrected chi connectivity index (χ4v) is 3.89. The molecule has 1 atom stereocenters. The Labute approximate surface area is 142 Å². The van der Waals surface area contributed by atoms with Crippen molar-refractivity contribution in [3.05, 3.63) is 29.3 Å². The zero-order valence-corrected chi connectivity index (χ0v) is 15.6. The van der Waals surface area contributed by atoms with Crippen LogP contribution in [0.5, 0.6) is 0 Å². The van der Waals surface area contributed by atoms with Crippen LogP contribution in [0.2, 0.25) is 0 Å². The monoisotopic (exact) mass is 339 g/mol. The average molecular weight is 340 g/mol. The molecule has 0 bridgehead atoms. The van der Waals surface area contributed by atoms with E-state index in [-0.39, 0.29) is 10.8 Å². The van der Waals surface area contributed by atoms with Crippen LogP contribution >= 0.6 is 0 Å². The summed E-state index contributed by atoms with van der Waals surface area (Å²) in [5, 5.41) is 0. The van der Waals surface area contributed by atoms with E-state index in [0.717, 1.165) is 18.4 Å². The van der Waals surface area contributed by atoms with Crippen molar-refractivity contribution in [2.75, 3.05) is 0 Å². The Kier molecular flexibility index (Phi) is 8.85. The molecule has 0 aromatic heterocycles. The van der Waals surface area contributed by atoms with Gasteiger partial charge in [0.05, 0.1) is 4.90 Å². The Morgan fingerprint density at radius 1 is 1.00 bits per heavy atom. The maximum absolute atomic E-state index is 11.5. The Bertz CT molecular complexity index is 564. The summed E-state index contributed by atoms with van der Waals surface area (Å²) in [6.07, 6.45) is 11.0. The predicted molar refractivity (Wildman–Crippen MR) is 94.8 cm³/mol. The quantitative estimate of drug-likeness (QED) is 0.393. The van der Waals surface area contributed by atoms with E-state index >= 15 is 0 Å². The second kappa shape index (κ2) is 10.1. The first-order valence-corrected chi connectivity index (χ1v) is 10.3. The summed E-state index contributed by atoms with van der Waals surface area (Å²) >= 11 is 0. The minimum atomic E-state index is -4.40. The molecule has 0 heterocycles. The van der Waals surface area contributed by atoms with E-state index in [2.05, 4.69) is 6.92 Å². The average Bonchev–Trinajstić information content (AvgIpc) is 2.48. The van der Waals surface area contributed by atoms with E-state index < -0.39 is 10.1 Å². The van der Waals surface area contributed by atoms with E-state index in [4.69, 9.17) is 0 Å². The largest absolute Gasteiger partial charge is 0.744 e. The van der Waals surface area contributed by atoms with Crippen LogP contribution in [-0.2, 0) is 10.1 Å². The van der Waals surface area contributed by atoms with E-state index in [1.807, 2.05) is 19.9 Å². The molecule has 1 rings (SSSR count). The number of hydrogen-bond acceptors (Lipinski definition) is 3. The molecule has 0 spiro atoms. The van der Waals surface area contributed by atoms with Crippen molar-refractivity contribution in [2.24, 2.45) is 0 Å². The third kappa shape index (κ3) is 7.49. The molecular weight excluding hydrogens is 308 g/mol. The molecule has 0 aliphatic heterocycles. The van der Waals surface area contributed by atoms with Gasteiger partial charge in [-0.2, -0.15) is 0 Å². The molecular formula is C19H31O3S-. The summed E-state index contributed by atoms with van der Waals surface area (Å²) in [5.74, 6) is 0.106. The van der Waals surface area contributed by atoms with Crippen molar-refractivity contribution in [3.63, 3.8) is 0 Å². The third-order valence-electron chi connectivity index (χ3n) is 4.46. The molecule has 23 heavy (non-hydrogen) atoms. The van der Waals surface area contributed by atoms with Crippen molar-refractivity contribution in [1.29, 1.82) is 0 Å². The third-order valence-corrected chi connectivity index (χ3v) is 5.35. The van der Waals surface area contributed by atoms with Crippen molar-refractivity contribution < 1.29 is 13.0 Å². The van der Waals surface area contributed by atoms with Gasteiger partial charge in [-0.05, 0) is 36.5 Å². The lowest BCUT2D eigenvalue weighted by Crippen LogP contribution is -2.07. The van der Waals surface area contributed by atoms with Crippen molar-refractivity contribution in [1.82, 2.24) is 0 Å². The Morgan fingerprint density at radius 3 is 2.13 bits per heavy atom. The maximum Gasteiger partial charge on any atom is 0.124 e. The summed E-state index contributed by atoms with van der Waals surface area (Å²) in [5.41, 5.74) is 1.48. The Hall–Kier alpha value is -0.870. The normalized spacial score (nSPS) is 13.2. The first-order valence-electron chi connectivity index (χ1n) is 8.92. The first-order chi connectivity index (χ1) is 10.9. The van der Waals surface area contributed by atoms with Gasteiger partial charge in [0.15, 0.2) is 0 Å². The van der Waals surface area contributed by atoms with E-state index in [1.165, 1.54) is 51.0 Å². The summed E-state index contributed by atoms with van der Waals surface area (Å²) < 4.78 is 34.4. The minimum Gasteiger partial charge on any atom is -0.744 e. The second-order valence-corrected chi connectivity index (χ2v) is 8.01. The van der Waals surface area contributed by atoms with Gasteiger partial charge < -0.3 is 4.55 Å². The van der Waals surface area contributed by atoms with Crippen LogP contribution in [0.1, 0.15) is 88.7 Å². The fourth-order valence-electron chi connectivity index (χ4n) is 3.01. The lowest BCUT2D eigenvalue weighted by Gasteiger charge is -2.19. The molecule has 0 saturated carbocycles. The molecule has 132 valence electrons. The summed E-state index contributed by atoms with van der Waals surface area (Å²) in [7, 11) is -4.40. The van der Waals surface area contributed by atoms with Gasteiger partial charge in [0, 0.05) is 0 Å². The zero-order chi connectivity index (χ0) is 17.3. The molecule has 0 fully saturated rings. The molecule has 0 aliphatic carbocycles. The van der Waals surface area contributed by atoms with Crippen LogP contribution in [0.15, 0.2) is 23.1 Å². The van der Waals surface area contributed by atoms with Crippen LogP contribution in [0.4, 0.5) is 0 Å². The van der Waals surface area contributed by atoms with Gasteiger partial charge in [-0.15, -0.1) is 0 Å². The van der Waals surface area contributed by atoms with Gasteiger partial charge in [0.1, 0.15) is 10.1 Å². The van der Waals surface area contributed by atoms with Crippen LogP contribution in [0.3, 0.4) is 0 Å². The lowest BCUT2D eigenvalue weighted by molar-refractivity contribution is 0.460. The molecule has 0 N–H and O–H groups in total. The molecule has 0 aliphatic rings. The number of benzene rings is 1. The summed E-state index contributed by atoms with van der Waals surface area (Å²) in [4.78, 5) is -0.0374. The molecule has 4 heteroatoms. The molecule has 1 aromatic carbocycles. The minimum absolute atomic E-state index is 0.0374. The molecule has 1 unspecified atom stereocenters. The fraction of sp³-hybridized carbons (Fsp3) is 0.684. The van der Waals surface area contributed by atoms with E-state index in [9.17, 15) is 13.0 Å². The molecule has 0 radical (unpaired) electrons. The highest BCUT2D eigenvalue weighted by Crippen LogP contribution is 2.29. The standard InChI is InChI=1S/C19H32O3S/c1-4-5-6-7-8-9-10-11-12-17(3)18-14-13-16(2)15-19(18)23(20,21)22/h13-15,17H,4-12H2,1-3H3,(H,20,21,22)/p-1. The highest BCUT2D eigenvalue weighted by atomic mass is 32.2. The molecule has 0 amide bonds. The Morgan fingerprint density at radius 2 is 1.57 bits per heavy atom. The van der Waals surface area contributed by atoms with Crippen LogP contribution < -0.4 is 0 Å². The number of aryl methyl sites for hydroxylation is 1. The van der Waals surface area contributed by atoms with Crippen molar-refractivity contribution in [2.45, 2.75) is 89.4 Å². The van der Waals surface area contributed by atoms with Crippen molar-refractivity contribution >= 4 is 10.1 Å². The second-order valence-electron chi connectivity index (χ2n) is 6.66. The predicted octanol–water partition coefficient (Wildman–Crippen LogP) is 5.53. The Balaban J connectivity index is 2.45. The molecule has 1 aromatic rings. The highest BCUT2D eigenvalue weighted by Gasteiger charge is 2.15. The van der Waals surface area contributed by atoms with E-state index in [0.29, 0.717) is 5.56 Å². The molecule has 0 saturated heterocycles. The SMILES string of the molecule is CCCCCCCCCCC(C)c1ccc(C)cc1S(=O)(=O)[O-]. The van der Waals surface area contributed by atoms with E-state index in [1.54, 1.807) is 6.07 Å². The number of rotatable bonds is 11. The molecule has 3 nitrogen and oxygen atoms in total. The summed E-state index contributed by atoms with van der Waals surface area (Å²) in [6.45, 7) is 6.05. The lowest BCUT2D eigenvalue weighted by atomic mass is 9.94. The van der Waals surface area contributed by atoms with Crippen molar-refractivity contribution in [3.8, 4) is 0 Å². The van der Waals surface area contributed by atoms with Gasteiger partial charge in [0.2, 0.25) is 0 Å². The topological polar surface area (TPSA) is 57.2 Å². The smallest absolute Gasteiger partial charge is 0.124 e. The van der Waals surface area contributed by atoms with Gasteiger partial charge in [-0.25, -0.2) is 8.42 Å². The first kappa shape index (κ1) is 20.2. The van der Waals surface area contributed by atoms with Gasteiger partial charge in [0.25, 0.3) is 0 Å². The van der Waals surface area contributed by atoms with Crippen LogP contribution in [0.25, 0.3) is 0 Å². The van der Waals surface area contributed by atoms with Gasteiger partial charge in [-0.3, -0.25) is 0 Å². The number of unbranched alkanes of at least 4 members (excludes halogenated alkanes) is 7. The van der Waals surface area contributed by atoms with Crippen LogP contribution in [-0.4, -0.2) is 13.0 Å². The maximum atomic E-state index is 11.5.